The maximum absolute atomic E-state index is 15.2. The zero-order valence-corrected chi connectivity index (χ0v) is 41.2. The SMILES string of the molecule is N#Cc1c(N)sc2c(F)ccc(-c3c(Cl)cc4c(N5CC6CCC(C5)N6)nc(=O)n5c4c3SC[C@@H]5COCCOCCOCCN3CCC(c4cc(F)cc5c4CN(C4CCC(=O)NC4=O)C5=O)CC3)c12. The Morgan fingerprint density at radius 2 is 1.68 bits per heavy atom. The number of halogens is 3. The van der Waals surface area contributed by atoms with Crippen LogP contribution in [0.2, 0.25) is 5.02 Å². The molecular weight excluding hydrogens is 976 g/mol. The minimum atomic E-state index is -0.750. The number of ether oxygens (including phenoxy) is 3. The molecule has 4 N–H and O–H groups in total. The van der Waals surface area contributed by atoms with Crippen molar-refractivity contribution in [3.05, 3.63) is 79.7 Å². The zero-order valence-electron chi connectivity index (χ0n) is 38.8. The van der Waals surface area contributed by atoms with Crippen LogP contribution in [0.1, 0.15) is 77.5 Å². The fourth-order valence-corrected chi connectivity index (χ4v) is 14.1. The molecule has 0 spiro atoms. The molecule has 2 bridgehead atoms. The van der Waals surface area contributed by atoms with Crippen molar-refractivity contribution in [2.75, 3.05) is 88.8 Å². The van der Waals surface area contributed by atoms with Gasteiger partial charge >= 0.3 is 5.69 Å². The number of imide groups is 1. The number of nitrogens with zero attached hydrogens (tertiary/aromatic N) is 6. The minimum Gasteiger partial charge on any atom is -0.389 e. The van der Waals surface area contributed by atoms with Gasteiger partial charge in [0.1, 0.15) is 34.6 Å². The number of nitrogens with two attached hydrogens (primary N) is 1. The van der Waals surface area contributed by atoms with Crippen molar-refractivity contribution in [2.45, 2.75) is 80.1 Å². The summed E-state index contributed by atoms with van der Waals surface area (Å²) in [4.78, 5) is 63.3. The van der Waals surface area contributed by atoms with Gasteiger partial charge in [0.25, 0.3) is 5.91 Å². The fourth-order valence-electron chi connectivity index (χ4n) is 11.5. The number of amides is 3. The molecule has 11 rings (SSSR count). The van der Waals surface area contributed by atoms with E-state index >= 15 is 4.39 Å². The minimum absolute atomic E-state index is 0.0730. The van der Waals surface area contributed by atoms with Gasteiger partial charge in [-0.25, -0.2) is 13.6 Å². The van der Waals surface area contributed by atoms with Crippen LogP contribution in [0.3, 0.4) is 0 Å². The number of thioether (sulfide) groups is 1. The van der Waals surface area contributed by atoms with E-state index in [1.807, 2.05) is 6.07 Å². The summed E-state index contributed by atoms with van der Waals surface area (Å²) >= 11 is 9.81. The highest BCUT2D eigenvalue weighted by atomic mass is 35.5. The third kappa shape index (κ3) is 9.06. The molecular formula is C50H52ClF2N9O7S2. The lowest BCUT2D eigenvalue weighted by molar-refractivity contribution is -0.136. The summed E-state index contributed by atoms with van der Waals surface area (Å²) in [6.07, 6.45) is 4.11. The Morgan fingerprint density at radius 3 is 2.42 bits per heavy atom. The number of nitrogens with one attached hydrogen (secondary N) is 2. The van der Waals surface area contributed by atoms with Crippen LogP contribution in [0.15, 0.2) is 40.0 Å². The van der Waals surface area contributed by atoms with Crippen LogP contribution in [-0.2, 0) is 30.3 Å². The summed E-state index contributed by atoms with van der Waals surface area (Å²) in [6.45, 7) is 6.10. The summed E-state index contributed by atoms with van der Waals surface area (Å²) in [6, 6.07) is 9.30. The van der Waals surface area contributed by atoms with E-state index in [0.717, 1.165) is 78.1 Å². The van der Waals surface area contributed by atoms with Gasteiger partial charge in [0.2, 0.25) is 11.8 Å². The molecule has 16 nitrogen and oxygen atoms in total. The third-order valence-corrected chi connectivity index (χ3v) is 17.4. The number of carbonyl (C=O) groups excluding carboxylic acids is 3. The molecule has 3 aromatic carbocycles. The molecule has 71 heavy (non-hydrogen) atoms. The van der Waals surface area contributed by atoms with Gasteiger partial charge < -0.3 is 40.0 Å². The maximum atomic E-state index is 15.2. The number of hydrogen-bond acceptors (Lipinski definition) is 15. The van der Waals surface area contributed by atoms with Crippen LogP contribution in [0.4, 0.5) is 19.6 Å². The van der Waals surface area contributed by atoms with Gasteiger partial charge in [-0.1, -0.05) is 17.7 Å². The van der Waals surface area contributed by atoms with E-state index in [-0.39, 0.29) is 65.0 Å². The summed E-state index contributed by atoms with van der Waals surface area (Å²) in [5, 5.41) is 17.9. The highest BCUT2D eigenvalue weighted by Crippen LogP contribution is 2.51. The molecule has 21 heteroatoms. The number of hydrogen-bond donors (Lipinski definition) is 3. The summed E-state index contributed by atoms with van der Waals surface area (Å²) < 4.78 is 50.0. The van der Waals surface area contributed by atoms with Crippen LogP contribution < -0.4 is 27.0 Å². The van der Waals surface area contributed by atoms with Crippen LogP contribution in [-0.4, -0.2) is 133 Å². The standard InChI is InChI=1S/C50H52ClF2N9O7S2/c51-37-19-34-43-45(42(37)31-3-4-38(53)44-41(31)35(20-54)46(55)71-44)70-25-30(62(43)50(66)58-47(34)60-21-28-1-2-29(22-60)56-28)24-69-16-15-68-14-13-67-12-11-59-9-7-26(8-10-59)32-17-27(52)18-33-36(32)23-61(49(33)65)39-5-6-40(63)57-48(39)64/h3-4,17-19,26,28-30,39,56H,1-2,5-16,21-25,55H2,(H,57,63,64)/t28?,29?,30-,39?/m0/s1. The Hall–Kier alpha value is -5.24. The molecule has 2 aromatic heterocycles. The van der Waals surface area contributed by atoms with E-state index in [2.05, 4.69) is 26.5 Å². The van der Waals surface area contributed by atoms with Gasteiger partial charge in [0.05, 0.1) is 66.5 Å². The second-order valence-corrected chi connectivity index (χ2v) is 21.6. The predicted molar refractivity (Wildman–Crippen MR) is 266 cm³/mol. The lowest BCUT2D eigenvalue weighted by Gasteiger charge is -2.36. The molecule has 6 aliphatic heterocycles. The molecule has 4 saturated heterocycles. The number of benzene rings is 3. The van der Waals surface area contributed by atoms with Crippen molar-refractivity contribution in [1.29, 1.82) is 5.26 Å². The van der Waals surface area contributed by atoms with Crippen LogP contribution in [0.5, 0.6) is 0 Å². The molecule has 0 aliphatic carbocycles. The van der Waals surface area contributed by atoms with Crippen molar-refractivity contribution in [2.24, 2.45) is 0 Å². The number of piperazine rings is 1. The molecule has 5 aromatic rings. The van der Waals surface area contributed by atoms with E-state index in [9.17, 15) is 28.8 Å². The molecule has 3 amide bonds. The van der Waals surface area contributed by atoms with Gasteiger partial charge in [0.15, 0.2) is 0 Å². The number of piperidine rings is 2. The number of rotatable bonds is 15. The number of nitriles is 1. The van der Waals surface area contributed by atoms with E-state index < -0.39 is 29.3 Å². The Morgan fingerprint density at radius 1 is 0.930 bits per heavy atom. The summed E-state index contributed by atoms with van der Waals surface area (Å²) in [5.41, 5.74) is 9.80. The summed E-state index contributed by atoms with van der Waals surface area (Å²) in [7, 11) is 0. The predicted octanol–water partition coefficient (Wildman–Crippen LogP) is 5.94. The number of fused-ring (bicyclic) bond motifs is 4. The lowest BCUT2D eigenvalue weighted by Crippen LogP contribution is -2.52. The highest BCUT2D eigenvalue weighted by Gasteiger charge is 2.42. The van der Waals surface area contributed by atoms with Gasteiger partial charge in [-0.05, 0) is 92.1 Å². The topological polar surface area (TPSA) is 197 Å². The Kier molecular flexibility index (Phi) is 13.5. The number of aromatic nitrogens is 2. The monoisotopic (exact) mass is 1030 g/mol. The van der Waals surface area contributed by atoms with Gasteiger partial charge in [0, 0.05) is 77.2 Å². The Balaban J connectivity index is 0.683. The zero-order chi connectivity index (χ0) is 49.1. The van der Waals surface area contributed by atoms with Crippen LogP contribution >= 0.6 is 34.7 Å². The van der Waals surface area contributed by atoms with Gasteiger partial charge in [-0.3, -0.25) is 24.3 Å². The largest absolute Gasteiger partial charge is 0.389 e. The van der Waals surface area contributed by atoms with Crippen molar-refractivity contribution >= 4 is 84.2 Å². The van der Waals surface area contributed by atoms with Gasteiger partial charge in [-0.15, -0.1) is 23.1 Å². The summed E-state index contributed by atoms with van der Waals surface area (Å²) in [5.74, 6) is -1.02. The second-order valence-electron chi connectivity index (χ2n) is 19.1. The number of thiophene rings is 1. The third-order valence-electron chi connectivity index (χ3n) is 14.9. The van der Waals surface area contributed by atoms with E-state index in [4.69, 9.17) is 36.5 Å². The number of anilines is 2. The normalized spacial score (nSPS) is 22.5. The number of nitrogen functional groups attached to an aromatic ring is 1. The first kappa shape index (κ1) is 48.1. The van der Waals surface area contributed by atoms with Crippen molar-refractivity contribution in [3.63, 3.8) is 0 Å². The average molecular weight is 1030 g/mol. The van der Waals surface area contributed by atoms with E-state index in [1.165, 1.54) is 23.1 Å². The molecule has 4 fully saturated rings. The molecule has 8 heterocycles. The van der Waals surface area contributed by atoms with Crippen molar-refractivity contribution in [3.8, 4) is 17.2 Å². The first-order valence-corrected chi connectivity index (χ1v) is 26.4. The first-order chi connectivity index (χ1) is 34.4. The van der Waals surface area contributed by atoms with E-state index in [0.29, 0.717) is 102 Å². The second kappa shape index (κ2) is 20.0. The highest BCUT2D eigenvalue weighted by molar-refractivity contribution is 7.99. The lowest BCUT2D eigenvalue weighted by atomic mass is 9.85. The van der Waals surface area contributed by atoms with Gasteiger partial charge in [-0.2, -0.15) is 10.2 Å². The molecule has 4 atom stereocenters. The number of likely N-dealkylation sites (tertiary alicyclic amines) is 1. The quantitative estimate of drug-likeness (QED) is 0.0823. The Bertz CT molecular complexity index is 3070. The smallest absolute Gasteiger partial charge is 0.350 e. The Labute approximate surface area is 420 Å². The van der Waals surface area contributed by atoms with Crippen LogP contribution in [0, 0.1) is 23.0 Å². The van der Waals surface area contributed by atoms with Crippen LogP contribution in [0.25, 0.3) is 32.1 Å². The fraction of sp³-hybridized carbons (Fsp3) is 0.480. The first-order valence-electron chi connectivity index (χ1n) is 24.2. The molecule has 0 saturated carbocycles. The molecule has 3 unspecified atom stereocenters. The molecule has 0 radical (unpaired) electrons. The van der Waals surface area contributed by atoms with E-state index in [1.54, 1.807) is 22.4 Å². The molecule has 372 valence electrons. The molecule has 6 aliphatic rings. The number of carbonyl (C=O) groups is 3. The van der Waals surface area contributed by atoms with Crippen molar-refractivity contribution < 1.29 is 37.4 Å². The average Bonchev–Trinajstić information content (AvgIpc) is 4.01. The van der Waals surface area contributed by atoms with Crippen molar-refractivity contribution in [1.82, 2.24) is 30.0 Å². The maximum Gasteiger partial charge on any atom is 0.350 e.